The highest BCUT2D eigenvalue weighted by Crippen LogP contribution is 2.32. The van der Waals surface area contributed by atoms with Crippen LogP contribution >= 0.6 is 0 Å². The minimum absolute atomic E-state index is 0.0693. The molecule has 3 aromatic carbocycles. The number of halogens is 3. The molecule has 42 heavy (non-hydrogen) atoms. The number of nitrogens with one attached hydrogen (secondary N) is 1. The molecular formula is C30H34F3N3O5S. The molecule has 4 rings (SSSR count). The molecule has 0 saturated carbocycles. The fraction of sp³-hybridized carbons (Fsp3) is 0.367. The van der Waals surface area contributed by atoms with Crippen molar-refractivity contribution in [2.75, 3.05) is 31.5 Å². The molecule has 8 nitrogen and oxygen atoms in total. The number of hydrogen-bond donors (Lipinski definition) is 2. The first kappa shape index (κ1) is 31.3. The number of aliphatic hydroxyl groups excluding tert-OH is 1. The van der Waals surface area contributed by atoms with Gasteiger partial charge in [-0.25, -0.2) is 8.42 Å². The molecule has 12 heteroatoms. The van der Waals surface area contributed by atoms with E-state index in [0.717, 1.165) is 12.1 Å². The van der Waals surface area contributed by atoms with Gasteiger partial charge in [-0.2, -0.15) is 13.2 Å². The number of alkyl halides is 3. The van der Waals surface area contributed by atoms with Gasteiger partial charge in [0.15, 0.2) is 0 Å². The molecule has 226 valence electrons. The number of anilines is 1. The lowest BCUT2D eigenvalue weighted by Crippen LogP contribution is -2.49. The summed E-state index contributed by atoms with van der Waals surface area (Å²) >= 11 is 0. The summed E-state index contributed by atoms with van der Waals surface area (Å²) < 4.78 is 73.5. The zero-order valence-electron chi connectivity index (χ0n) is 23.5. The van der Waals surface area contributed by atoms with Crippen molar-refractivity contribution in [1.82, 2.24) is 9.80 Å². The highest BCUT2D eigenvalue weighted by atomic mass is 32.2. The summed E-state index contributed by atoms with van der Waals surface area (Å²) in [6, 6.07) is 16.8. The highest BCUT2D eigenvalue weighted by Gasteiger charge is 2.34. The second-order valence-electron chi connectivity index (χ2n) is 10.6. The average Bonchev–Trinajstić information content (AvgIpc) is 2.95. The van der Waals surface area contributed by atoms with Gasteiger partial charge in [-0.3, -0.25) is 14.4 Å². The number of fused-ring (bicyclic) bond motifs is 1. The van der Waals surface area contributed by atoms with Gasteiger partial charge in [0.05, 0.1) is 28.7 Å². The van der Waals surface area contributed by atoms with Gasteiger partial charge in [-0.05, 0) is 62.0 Å². The number of carbonyl (C=O) groups is 1. The van der Waals surface area contributed by atoms with Gasteiger partial charge in [0.1, 0.15) is 11.9 Å². The molecule has 0 bridgehead atoms. The lowest BCUT2D eigenvalue weighted by Gasteiger charge is -2.38. The normalized spacial score (nSPS) is 18.6. The average molecular weight is 606 g/mol. The smallest absolute Gasteiger partial charge is 0.416 e. The highest BCUT2D eigenvalue weighted by molar-refractivity contribution is 7.92. The van der Waals surface area contributed by atoms with Crippen molar-refractivity contribution in [3.63, 3.8) is 0 Å². The number of aliphatic hydroxyl groups is 1. The van der Waals surface area contributed by atoms with E-state index in [9.17, 15) is 31.5 Å². The summed E-state index contributed by atoms with van der Waals surface area (Å²) in [6.45, 7) is 4.40. The summed E-state index contributed by atoms with van der Waals surface area (Å²) in [4.78, 5) is 17.2. The second kappa shape index (κ2) is 12.7. The number of nitrogens with zero attached hydrogens (tertiary/aromatic N) is 2. The van der Waals surface area contributed by atoms with Gasteiger partial charge < -0.3 is 14.7 Å². The van der Waals surface area contributed by atoms with Crippen LogP contribution in [0.2, 0.25) is 0 Å². The molecule has 3 atom stereocenters. The van der Waals surface area contributed by atoms with Crippen LogP contribution in [0.4, 0.5) is 18.9 Å². The Labute approximate surface area is 243 Å². The third-order valence-corrected chi connectivity index (χ3v) is 8.59. The zero-order valence-corrected chi connectivity index (χ0v) is 24.3. The van der Waals surface area contributed by atoms with Crippen molar-refractivity contribution in [3.8, 4) is 5.75 Å². The predicted octanol–water partition coefficient (Wildman–Crippen LogP) is 4.86. The van der Waals surface area contributed by atoms with E-state index < -0.39 is 39.8 Å². The fourth-order valence-electron chi connectivity index (χ4n) is 4.80. The molecule has 2 N–H and O–H groups in total. The van der Waals surface area contributed by atoms with Crippen molar-refractivity contribution < 1.29 is 36.2 Å². The minimum atomic E-state index is -4.41. The Kier molecular flexibility index (Phi) is 9.49. The Balaban J connectivity index is 1.59. The first-order chi connectivity index (χ1) is 19.8. The van der Waals surface area contributed by atoms with Crippen molar-refractivity contribution in [2.24, 2.45) is 5.92 Å². The SMILES string of the molecule is C[C@@H]1CN([C@H](C)CO)C(=O)c2cc(NS(=O)(=O)c3ccccc3)ccc2O[C@H]1CN(C)Cc1ccc(C(F)(F)F)cc1. The molecule has 1 amide bonds. The zero-order chi connectivity index (χ0) is 30.7. The number of sulfonamides is 1. The van der Waals surface area contributed by atoms with Crippen LogP contribution in [0.3, 0.4) is 0 Å². The number of benzene rings is 3. The molecule has 0 radical (unpaired) electrons. The summed E-state index contributed by atoms with van der Waals surface area (Å²) in [6.07, 6.45) is -4.84. The van der Waals surface area contributed by atoms with Crippen molar-refractivity contribution in [1.29, 1.82) is 0 Å². The Morgan fingerprint density at radius 3 is 2.38 bits per heavy atom. The van der Waals surface area contributed by atoms with E-state index in [1.54, 1.807) is 36.1 Å². The van der Waals surface area contributed by atoms with E-state index in [-0.39, 0.29) is 41.0 Å². The lowest BCUT2D eigenvalue weighted by molar-refractivity contribution is -0.137. The lowest BCUT2D eigenvalue weighted by atomic mass is 9.99. The van der Waals surface area contributed by atoms with Crippen LogP contribution in [-0.4, -0.2) is 68.1 Å². The monoisotopic (exact) mass is 605 g/mol. The van der Waals surface area contributed by atoms with Gasteiger partial charge in [0.2, 0.25) is 0 Å². The molecule has 3 aromatic rings. The third-order valence-electron chi connectivity index (χ3n) is 7.20. The first-order valence-electron chi connectivity index (χ1n) is 13.4. The van der Waals surface area contributed by atoms with Gasteiger partial charge in [-0.1, -0.05) is 37.3 Å². The van der Waals surface area contributed by atoms with Crippen molar-refractivity contribution in [2.45, 2.75) is 43.6 Å². The minimum Gasteiger partial charge on any atom is -0.488 e. The Bertz CT molecular complexity index is 1480. The second-order valence-corrected chi connectivity index (χ2v) is 12.3. The van der Waals surface area contributed by atoms with Crippen LogP contribution in [0, 0.1) is 5.92 Å². The van der Waals surface area contributed by atoms with E-state index in [2.05, 4.69) is 4.72 Å². The van der Waals surface area contributed by atoms with Crippen LogP contribution in [0.5, 0.6) is 5.75 Å². The van der Waals surface area contributed by atoms with Crippen LogP contribution in [0.25, 0.3) is 0 Å². The van der Waals surface area contributed by atoms with Crippen molar-refractivity contribution >= 4 is 21.6 Å². The molecule has 1 heterocycles. The number of likely N-dealkylation sites (N-methyl/N-ethyl adjacent to an activating group) is 1. The van der Waals surface area contributed by atoms with Crippen LogP contribution in [-0.2, 0) is 22.7 Å². The molecule has 0 saturated heterocycles. The van der Waals surface area contributed by atoms with E-state index in [0.29, 0.717) is 18.7 Å². The molecular weight excluding hydrogens is 571 g/mol. The number of carbonyl (C=O) groups excluding carboxylic acids is 1. The standard InChI is InChI=1S/C30H34F3N3O5S/c1-20-16-36(21(2)19-37)29(38)26-15-24(34-42(39,40)25-7-5-4-6-8-25)13-14-27(26)41-28(20)18-35(3)17-22-9-11-23(12-10-22)30(31,32)33/h4-15,20-21,28,34,37H,16-19H2,1-3H3/t20-,21-,28+/m1/s1. The van der Waals surface area contributed by atoms with E-state index >= 15 is 0 Å². The van der Waals surface area contributed by atoms with Crippen LogP contribution < -0.4 is 9.46 Å². The molecule has 0 unspecified atom stereocenters. The maximum Gasteiger partial charge on any atom is 0.416 e. The summed E-state index contributed by atoms with van der Waals surface area (Å²) in [5.41, 5.74) is 0.308. The van der Waals surface area contributed by atoms with E-state index in [1.807, 2.05) is 18.9 Å². The maximum atomic E-state index is 13.7. The van der Waals surface area contributed by atoms with Crippen LogP contribution in [0.1, 0.15) is 35.3 Å². The Morgan fingerprint density at radius 2 is 1.76 bits per heavy atom. The topological polar surface area (TPSA) is 99.2 Å². The molecule has 1 aliphatic rings. The third kappa shape index (κ3) is 7.42. The van der Waals surface area contributed by atoms with Gasteiger partial charge >= 0.3 is 6.18 Å². The molecule has 0 spiro atoms. The quantitative estimate of drug-likeness (QED) is 0.362. The number of hydrogen-bond acceptors (Lipinski definition) is 6. The van der Waals surface area contributed by atoms with Crippen LogP contribution in [0.15, 0.2) is 77.7 Å². The first-order valence-corrected chi connectivity index (χ1v) is 14.9. The largest absolute Gasteiger partial charge is 0.488 e. The van der Waals surface area contributed by atoms with E-state index in [4.69, 9.17) is 4.74 Å². The fourth-order valence-corrected chi connectivity index (χ4v) is 5.87. The number of amides is 1. The van der Waals surface area contributed by atoms with Gasteiger partial charge in [-0.15, -0.1) is 0 Å². The molecule has 0 aliphatic carbocycles. The summed E-state index contributed by atoms with van der Waals surface area (Å²) in [7, 11) is -2.08. The van der Waals surface area contributed by atoms with E-state index in [1.165, 1.54) is 36.4 Å². The molecule has 1 aliphatic heterocycles. The van der Waals surface area contributed by atoms with Crippen molar-refractivity contribution in [3.05, 3.63) is 89.5 Å². The van der Waals surface area contributed by atoms with Gasteiger partial charge in [0, 0.05) is 31.2 Å². The molecule has 0 aromatic heterocycles. The summed E-state index contributed by atoms with van der Waals surface area (Å²) in [5.74, 6) is -0.324. The summed E-state index contributed by atoms with van der Waals surface area (Å²) in [5, 5.41) is 9.88. The predicted molar refractivity (Wildman–Crippen MR) is 153 cm³/mol. The molecule has 0 fully saturated rings. The maximum absolute atomic E-state index is 13.7. The Hall–Kier alpha value is -3.61. The van der Waals surface area contributed by atoms with Gasteiger partial charge in [0.25, 0.3) is 15.9 Å². The Morgan fingerprint density at radius 1 is 1.10 bits per heavy atom. The number of rotatable bonds is 9. The number of ether oxygens (including phenoxy) is 1.